The highest BCUT2D eigenvalue weighted by Crippen LogP contribution is 2.21. The van der Waals surface area contributed by atoms with Crippen LogP contribution >= 0.6 is 0 Å². The molecular formula is C16H24FN. The predicted molar refractivity (Wildman–Crippen MR) is 76.2 cm³/mol. The summed E-state index contributed by atoms with van der Waals surface area (Å²) >= 11 is 0. The second-order valence-electron chi connectivity index (χ2n) is 4.78. The highest BCUT2D eigenvalue weighted by atomic mass is 19.1. The molecule has 1 N–H and O–H groups in total. The van der Waals surface area contributed by atoms with Gasteiger partial charge in [0.15, 0.2) is 0 Å². The van der Waals surface area contributed by atoms with Gasteiger partial charge < -0.3 is 5.32 Å². The molecule has 0 aliphatic carbocycles. The second kappa shape index (κ2) is 8.04. The van der Waals surface area contributed by atoms with E-state index in [-0.39, 0.29) is 11.9 Å². The first-order valence-electron chi connectivity index (χ1n) is 6.73. The molecule has 1 nitrogen and oxygen atoms in total. The number of rotatable bonds is 8. The second-order valence-corrected chi connectivity index (χ2v) is 4.78. The summed E-state index contributed by atoms with van der Waals surface area (Å²) in [4.78, 5) is 0. The predicted octanol–water partition coefficient (Wildman–Crippen LogP) is 4.53. The van der Waals surface area contributed by atoms with Gasteiger partial charge in [-0.3, -0.25) is 0 Å². The van der Waals surface area contributed by atoms with Crippen molar-refractivity contribution in [2.45, 2.75) is 45.1 Å². The normalized spacial score (nSPS) is 12.4. The first-order valence-corrected chi connectivity index (χ1v) is 6.73. The van der Waals surface area contributed by atoms with E-state index < -0.39 is 0 Å². The lowest BCUT2D eigenvalue weighted by molar-refractivity contribution is 0.504. The number of aryl methyl sites for hydroxylation is 1. The Balaban J connectivity index is 2.49. The molecule has 0 aliphatic rings. The molecule has 0 bridgehead atoms. The van der Waals surface area contributed by atoms with Gasteiger partial charge >= 0.3 is 0 Å². The molecule has 0 radical (unpaired) electrons. The SMILES string of the molecule is C=CCCCCCC(NC)c1ccc(C)c(F)c1. The van der Waals surface area contributed by atoms with E-state index >= 15 is 0 Å². The molecule has 1 aromatic carbocycles. The Kier molecular flexibility index (Phi) is 6.66. The topological polar surface area (TPSA) is 12.0 Å². The zero-order valence-corrected chi connectivity index (χ0v) is 11.5. The van der Waals surface area contributed by atoms with Crippen LogP contribution in [0.1, 0.15) is 49.3 Å². The fourth-order valence-corrected chi connectivity index (χ4v) is 2.12. The molecule has 18 heavy (non-hydrogen) atoms. The summed E-state index contributed by atoms with van der Waals surface area (Å²) in [5.41, 5.74) is 1.75. The molecule has 2 heteroatoms. The first kappa shape index (κ1) is 14.9. The maximum absolute atomic E-state index is 13.5. The summed E-state index contributed by atoms with van der Waals surface area (Å²) in [5.74, 6) is -0.112. The number of halogens is 1. The van der Waals surface area contributed by atoms with Gasteiger partial charge in [0, 0.05) is 6.04 Å². The molecule has 1 atom stereocenters. The van der Waals surface area contributed by atoms with Crippen LogP contribution < -0.4 is 5.32 Å². The van der Waals surface area contributed by atoms with Gasteiger partial charge in [0.2, 0.25) is 0 Å². The average molecular weight is 249 g/mol. The van der Waals surface area contributed by atoms with Crippen molar-refractivity contribution in [2.24, 2.45) is 0 Å². The van der Waals surface area contributed by atoms with Gasteiger partial charge in [-0.05, 0) is 50.4 Å². The molecule has 0 saturated carbocycles. The summed E-state index contributed by atoms with van der Waals surface area (Å²) < 4.78 is 13.5. The molecule has 0 fully saturated rings. The molecule has 0 amide bonds. The third-order valence-electron chi connectivity index (χ3n) is 3.35. The van der Waals surface area contributed by atoms with Crippen molar-refractivity contribution in [3.63, 3.8) is 0 Å². The Morgan fingerprint density at radius 3 is 2.72 bits per heavy atom. The molecule has 0 heterocycles. The summed E-state index contributed by atoms with van der Waals surface area (Å²) in [7, 11) is 1.94. The monoisotopic (exact) mass is 249 g/mol. The fourth-order valence-electron chi connectivity index (χ4n) is 2.12. The number of unbranched alkanes of at least 4 members (excludes halogenated alkanes) is 3. The zero-order valence-electron chi connectivity index (χ0n) is 11.5. The Hall–Kier alpha value is -1.15. The Morgan fingerprint density at radius 2 is 2.11 bits per heavy atom. The van der Waals surface area contributed by atoms with E-state index in [9.17, 15) is 4.39 Å². The van der Waals surface area contributed by atoms with E-state index in [2.05, 4.69) is 11.9 Å². The molecule has 0 aromatic heterocycles. The third kappa shape index (κ3) is 4.61. The zero-order chi connectivity index (χ0) is 13.4. The molecule has 1 rings (SSSR count). The van der Waals surface area contributed by atoms with Crippen LogP contribution in [0, 0.1) is 12.7 Å². The van der Waals surface area contributed by atoms with E-state index in [0.717, 1.165) is 24.8 Å². The van der Waals surface area contributed by atoms with Crippen LogP contribution in [0.15, 0.2) is 30.9 Å². The molecule has 0 aliphatic heterocycles. The highest BCUT2D eigenvalue weighted by Gasteiger charge is 2.10. The standard InChI is InChI=1S/C16H24FN/c1-4-5-6-7-8-9-16(18-3)14-11-10-13(2)15(17)12-14/h4,10-12,16,18H,1,5-9H2,2-3H3. The van der Waals surface area contributed by atoms with Crippen LogP contribution in [0.2, 0.25) is 0 Å². The van der Waals surface area contributed by atoms with Gasteiger partial charge in [0.1, 0.15) is 5.82 Å². The van der Waals surface area contributed by atoms with Crippen molar-refractivity contribution in [1.82, 2.24) is 5.32 Å². The van der Waals surface area contributed by atoms with Crippen LogP contribution in [0.4, 0.5) is 4.39 Å². The highest BCUT2D eigenvalue weighted by molar-refractivity contribution is 5.25. The maximum Gasteiger partial charge on any atom is 0.126 e. The van der Waals surface area contributed by atoms with Gasteiger partial charge in [0.05, 0.1) is 0 Å². The van der Waals surface area contributed by atoms with Crippen molar-refractivity contribution in [3.05, 3.63) is 47.8 Å². The minimum Gasteiger partial charge on any atom is -0.313 e. The van der Waals surface area contributed by atoms with Crippen LogP contribution in [0.5, 0.6) is 0 Å². The maximum atomic E-state index is 13.5. The Bertz CT molecular complexity index is 373. The fraction of sp³-hybridized carbons (Fsp3) is 0.500. The molecule has 100 valence electrons. The van der Waals surface area contributed by atoms with Crippen LogP contribution in [-0.2, 0) is 0 Å². The first-order chi connectivity index (χ1) is 8.69. The summed E-state index contributed by atoms with van der Waals surface area (Å²) in [6.07, 6.45) is 7.67. The van der Waals surface area contributed by atoms with E-state index in [1.54, 1.807) is 13.0 Å². The van der Waals surface area contributed by atoms with E-state index in [4.69, 9.17) is 0 Å². The molecule has 0 saturated heterocycles. The molecular weight excluding hydrogens is 225 g/mol. The molecule has 0 spiro atoms. The number of benzene rings is 1. The summed E-state index contributed by atoms with van der Waals surface area (Å²) in [6, 6.07) is 5.78. The van der Waals surface area contributed by atoms with Crippen molar-refractivity contribution >= 4 is 0 Å². The van der Waals surface area contributed by atoms with E-state index in [1.165, 1.54) is 12.8 Å². The third-order valence-corrected chi connectivity index (χ3v) is 3.35. The van der Waals surface area contributed by atoms with Crippen LogP contribution in [0.3, 0.4) is 0 Å². The molecule has 1 aromatic rings. The lowest BCUT2D eigenvalue weighted by Crippen LogP contribution is -2.16. The minimum atomic E-state index is -0.112. The van der Waals surface area contributed by atoms with Crippen molar-refractivity contribution < 1.29 is 4.39 Å². The van der Waals surface area contributed by atoms with Crippen molar-refractivity contribution in [2.75, 3.05) is 7.05 Å². The van der Waals surface area contributed by atoms with Crippen molar-refractivity contribution in [3.8, 4) is 0 Å². The quantitative estimate of drug-likeness (QED) is 0.527. The van der Waals surface area contributed by atoms with E-state index in [1.807, 2.05) is 25.3 Å². The summed E-state index contributed by atoms with van der Waals surface area (Å²) in [5, 5.41) is 3.27. The van der Waals surface area contributed by atoms with Gasteiger partial charge in [-0.15, -0.1) is 6.58 Å². The lowest BCUT2D eigenvalue weighted by atomic mass is 9.99. The van der Waals surface area contributed by atoms with Crippen LogP contribution in [0.25, 0.3) is 0 Å². The summed E-state index contributed by atoms with van der Waals surface area (Å²) in [6.45, 7) is 5.52. The van der Waals surface area contributed by atoms with Gasteiger partial charge in [-0.1, -0.05) is 31.1 Å². The smallest absolute Gasteiger partial charge is 0.126 e. The van der Waals surface area contributed by atoms with Crippen LogP contribution in [-0.4, -0.2) is 7.05 Å². The largest absolute Gasteiger partial charge is 0.313 e. The van der Waals surface area contributed by atoms with Gasteiger partial charge in [-0.2, -0.15) is 0 Å². The minimum absolute atomic E-state index is 0.112. The number of hydrogen-bond acceptors (Lipinski definition) is 1. The molecule has 1 unspecified atom stereocenters. The lowest BCUT2D eigenvalue weighted by Gasteiger charge is -2.17. The number of hydrogen-bond donors (Lipinski definition) is 1. The Labute approximate surface area is 110 Å². The average Bonchev–Trinajstić information content (AvgIpc) is 2.37. The van der Waals surface area contributed by atoms with E-state index in [0.29, 0.717) is 5.56 Å². The number of nitrogens with one attached hydrogen (secondary N) is 1. The Morgan fingerprint density at radius 1 is 1.33 bits per heavy atom. The van der Waals surface area contributed by atoms with Gasteiger partial charge in [0.25, 0.3) is 0 Å². The van der Waals surface area contributed by atoms with Crippen molar-refractivity contribution in [1.29, 1.82) is 0 Å². The number of allylic oxidation sites excluding steroid dienone is 1. The van der Waals surface area contributed by atoms with Gasteiger partial charge in [-0.25, -0.2) is 4.39 Å².